The molecule has 1 unspecified atom stereocenters. The first-order valence-corrected chi connectivity index (χ1v) is 11.3. The van der Waals surface area contributed by atoms with E-state index in [1.54, 1.807) is 23.7 Å². The van der Waals surface area contributed by atoms with Gasteiger partial charge in [0, 0.05) is 37.4 Å². The third kappa shape index (κ3) is 5.53. The van der Waals surface area contributed by atoms with Crippen LogP contribution in [-0.2, 0) is 4.74 Å². The lowest BCUT2D eigenvalue weighted by Crippen LogP contribution is -2.52. The normalized spacial score (nSPS) is 15.8. The van der Waals surface area contributed by atoms with E-state index in [2.05, 4.69) is 29.2 Å². The van der Waals surface area contributed by atoms with Gasteiger partial charge in [-0.2, -0.15) is 5.10 Å². The summed E-state index contributed by atoms with van der Waals surface area (Å²) in [5.41, 5.74) is 0.705. The fourth-order valence-corrected chi connectivity index (χ4v) is 4.40. The Morgan fingerprint density at radius 1 is 1.23 bits per heavy atom. The Hall–Kier alpha value is -2.22. The molecule has 1 aliphatic rings. The Balaban J connectivity index is 1.82. The molecule has 1 aliphatic heterocycles. The van der Waals surface area contributed by atoms with E-state index >= 15 is 0 Å². The van der Waals surface area contributed by atoms with Crippen molar-refractivity contribution in [3.63, 3.8) is 0 Å². The molecule has 0 saturated carbocycles. The third-order valence-corrected chi connectivity index (χ3v) is 6.30. The van der Waals surface area contributed by atoms with E-state index in [-0.39, 0.29) is 11.7 Å². The van der Waals surface area contributed by atoms with E-state index < -0.39 is 11.3 Å². The van der Waals surface area contributed by atoms with Gasteiger partial charge in [0.2, 0.25) is 5.43 Å². The van der Waals surface area contributed by atoms with Crippen molar-refractivity contribution in [2.24, 2.45) is 5.92 Å². The van der Waals surface area contributed by atoms with Crippen LogP contribution in [0, 0.1) is 12.8 Å². The molecule has 31 heavy (non-hydrogen) atoms. The summed E-state index contributed by atoms with van der Waals surface area (Å²) in [4.78, 5) is 27.9. The predicted octanol–water partition coefficient (Wildman–Crippen LogP) is 3.06. The van der Waals surface area contributed by atoms with Gasteiger partial charge >= 0.3 is 0 Å². The van der Waals surface area contributed by atoms with Gasteiger partial charge in [0.1, 0.15) is 0 Å². The molecule has 168 valence electrons. The first-order chi connectivity index (χ1) is 15.0. The molecule has 2 aromatic rings. The standard InChI is InChI=1S/C23H31ClN4O3/c1-4-17(5-2)20(27-10-12-31-13-11-27)15-25-23(30)22-21(29)14-16(3)28(26-22)19-9-7-6-8-18(19)24/h6-9,14,17,20H,4-5,10-13,15H2,1-3H3,(H,25,30). The number of halogens is 1. The Morgan fingerprint density at radius 3 is 2.55 bits per heavy atom. The highest BCUT2D eigenvalue weighted by Gasteiger charge is 2.28. The highest BCUT2D eigenvalue weighted by molar-refractivity contribution is 6.32. The van der Waals surface area contributed by atoms with Gasteiger partial charge in [-0.3, -0.25) is 14.5 Å². The second kappa shape index (κ2) is 10.9. The van der Waals surface area contributed by atoms with Gasteiger partial charge in [-0.25, -0.2) is 4.68 Å². The monoisotopic (exact) mass is 446 g/mol. The number of carbonyl (C=O) groups is 1. The number of hydrogen-bond acceptors (Lipinski definition) is 5. The highest BCUT2D eigenvalue weighted by Crippen LogP contribution is 2.21. The van der Waals surface area contributed by atoms with Crippen LogP contribution in [0.4, 0.5) is 0 Å². The molecule has 1 fully saturated rings. The van der Waals surface area contributed by atoms with E-state index in [1.165, 1.54) is 6.07 Å². The molecule has 0 aliphatic carbocycles. The number of para-hydroxylation sites is 1. The average molecular weight is 447 g/mol. The molecule has 7 nitrogen and oxygen atoms in total. The average Bonchev–Trinajstić information content (AvgIpc) is 2.78. The minimum absolute atomic E-state index is 0.129. The number of morpholine rings is 1. The zero-order chi connectivity index (χ0) is 22.4. The van der Waals surface area contributed by atoms with Crippen molar-refractivity contribution in [1.82, 2.24) is 20.0 Å². The fourth-order valence-electron chi connectivity index (χ4n) is 4.19. The number of rotatable bonds is 8. The number of nitrogens with one attached hydrogen (secondary N) is 1. The van der Waals surface area contributed by atoms with Crippen LogP contribution in [0.3, 0.4) is 0 Å². The Morgan fingerprint density at radius 2 is 1.90 bits per heavy atom. The van der Waals surface area contributed by atoms with Gasteiger partial charge in [-0.15, -0.1) is 0 Å². The summed E-state index contributed by atoms with van der Waals surface area (Å²) in [5.74, 6) is -0.0146. The quantitative estimate of drug-likeness (QED) is 0.674. The molecule has 2 heterocycles. The van der Waals surface area contributed by atoms with Crippen molar-refractivity contribution in [1.29, 1.82) is 0 Å². The van der Waals surface area contributed by atoms with Crippen molar-refractivity contribution in [3.8, 4) is 5.69 Å². The molecule has 3 rings (SSSR count). The molecule has 1 atom stereocenters. The topological polar surface area (TPSA) is 76.5 Å². The van der Waals surface area contributed by atoms with Gasteiger partial charge in [-0.1, -0.05) is 50.4 Å². The summed E-state index contributed by atoms with van der Waals surface area (Å²) in [6.07, 6.45) is 2.05. The van der Waals surface area contributed by atoms with Crippen LogP contribution in [0.25, 0.3) is 5.69 Å². The van der Waals surface area contributed by atoms with Crippen LogP contribution in [0.5, 0.6) is 0 Å². The van der Waals surface area contributed by atoms with Crippen LogP contribution in [-0.4, -0.2) is 59.5 Å². The Kier molecular flexibility index (Phi) is 8.23. The summed E-state index contributed by atoms with van der Waals surface area (Å²) in [5, 5.41) is 7.82. The number of carbonyl (C=O) groups excluding carboxylic acids is 1. The van der Waals surface area contributed by atoms with E-state index in [4.69, 9.17) is 16.3 Å². The molecule has 8 heteroatoms. The number of nitrogens with zero attached hydrogens (tertiary/aromatic N) is 3. The van der Waals surface area contributed by atoms with E-state index in [0.29, 0.717) is 42.1 Å². The van der Waals surface area contributed by atoms with E-state index in [1.807, 2.05) is 12.1 Å². The zero-order valence-electron chi connectivity index (χ0n) is 18.4. The molecule has 1 saturated heterocycles. The summed E-state index contributed by atoms with van der Waals surface area (Å²) >= 11 is 6.30. The maximum absolute atomic E-state index is 13.0. The summed E-state index contributed by atoms with van der Waals surface area (Å²) < 4.78 is 7.03. The molecular formula is C23H31ClN4O3. The summed E-state index contributed by atoms with van der Waals surface area (Å²) in [6.45, 7) is 9.67. The van der Waals surface area contributed by atoms with Gasteiger partial charge in [0.25, 0.3) is 5.91 Å². The lowest BCUT2D eigenvalue weighted by atomic mass is 9.92. The van der Waals surface area contributed by atoms with Crippen molar-refractivity contribution >= 4 is 17.5 Å². The van der Waals surface area contributed by atoms with Crippen molar-refractivity contribution in [2.75, 3.05) is 32.8 Å². The van der Waals surface area contributed by atoms with Gasteiger partial charge in [-0.05, 0) is 25.0 Å². The third-order valence-electron chi connectivity index (χ3n) is 5.98. The number of hydrogen-bond donors (Lipinski definition) is 1. The van der Waals surface area contributed by atoms with Crippen LogP contribution in [0.15, 0.2) is 35.1 Å². The number of benzene rings is 1. The van der Waals surface area contributed by atoms with Crippen LogP contribution >= 0.6 is 11.6 Å². The number of aromatic nitrogens is 2. The molecular weight excluding hydrogens is 416 g/mol. The molecule has 1 aromatic carbocycles. The first kappa shape index (κ1) is 23.4. The second-order valence-electron chi connectivity index (χ2n) is 7.86. The fraction of sp³-hybridized carbons (Fsp3) is 0.522. The van der Waals surface area contributed by atoms with E-state index in [9.17, 15) is 9.59 Å². The van der Waals surface area contributed by atoms with Crippen LogP contribution < -0.4 is 10.7 Å². The minimum Gasteiger partial charge on any atom is -0.379 e. The maximum Gasteiger partial charge on any atom is 0.275 e. The molecule has 0 spiro atoms. The molecule has 0 radical (unpaired) electrons. The largest absolute Gasteiger partial charge is 0.379 e. The van der Waals surface area contributed by atoms with Crippen molar-refractivity contribution < 1.29 is 9.53 Å². The molecule has 1 N–H and O–H groups in total. The Labute approximate surface area is 188 Å². The number of amides is 1. The van der Waals surface area contributed by atoms with Crippen molar-refractivity contribution in [2.45, 2.75) is 39.7 Å². The lowest BCUT2D eigenvalue weighted by Gasteiger charge is -2.38. The van der Waals surface area contributed by atoms with E-state index in [0.717, 1.165) is 25.9 Å². The van der Waals surface area contributed by atoms with Gasteiger partial charge < -0.3 is 10.1 Å². The van der Waals surface area contributed by atoms with Crippen molar-refractivity contribution in [3.05, 3.63) is 57.0 Å². The number of aryl methyl sites for hydroxylation is 1. The number of ether oxygens (including phenoxy) is 1. The van der Waals surface area contributed by atoms with Gasteiger partial charge in [0.05, 0.1) is 23.9 Å². The smallest absolute Gasteiger partial charge is 0.275 e. The molecule has 1 amide bonds. The SMILES string of the molecule is CCC(CC)C(CNC(=O)c1nn(-c2ccccc2Cl)c(C)cc1=O)N1CCOCC1. The maximum atomic E-state index is 13.0. The summed E-state index contributed by atoms with van der Waals surface area (Å²) in [7, 11) is 0. The lowest BCUT2D eigenvalue weighted by molar-refractivity contribution is 0.00189. The minimum atomic E-state index is -0.463. The first-order valence-electron chi connectivity index (χ1n) is 10.9. The van der Waals surface area contributed by atoms with Crippen LogP contribution in [0.2, 0.25) is 5.02 Å². The Bertz CT molecular complexity index is 952. The molecule has 1 aromatic heterocycles. The zero-order valence-corrected chi connectivity index (χ0v) is 19.2. The highest BCUT2D eigenvalue weighted by atomic mass is 35.5. The summed E-state index contributed by atoms with van der Waals surface area (Å²) in [6, 6.07) is 8.82. The second-order valence-corrected chi connectivity index (χ2v) is 8.27. The predicted molar refractivity (Wildman–Crippen MR) is 122 cm³/mol. The van der Waals surface area contributed by atoms with Crippen LogP contribution in [0.1, 0.15) is 42.9 Å². The van der Waals surface area contributed by atoms with Gasteiger partial charge in [0.15, 0.2) is 5.69 Å². The molecule has 0 bridgehead atoms.